The van der Waals surface area contributed by atoms with Crippen LogP contribution in [0.3, 0.4) is 0 Å². The molecule has 1 aliphatic heterocycles. The van der Waals surface area contributed by atoms with Crippen LogP contribution in [0.4, 0.5) is 0 Å². The third kappa shape index (κ3) is 3.94. The summed E-state index contributed by atoms with van der Waals surface area (Å²) in [6.07, 6.45) is 0. The molecule has 1 aliphatic rings. The van der Waals surface area contributed by atoms with Gasteiger partial charge in [-0.3, -0.25) is 4.79 Å². The summed E-state index contributed by atoms with van der Waals surface area (Å²) >= 11 is 17.8. The van der Waals surface area contributed by atoms with Gasteiger partial charge in [-0.25, -0.2) is 0 Å². The maximum Gasteiger partial charge on any atom is 0.171 e. The molecule has 146 valence electrons. The second kappa shape index (κ2) is 8.03. The van der Waals surface area contributed by atoms with E-state index in [0.717, 1.165) is 5.56 Å². The Hall–Kier alpha value is -2.60. The first-order valence-corrected chi connectivity index (χ1v) is 10.0. The van der Waals surface area contributed by atoms with Crippen molar-refractivity contribution < 1.29 is 9.21 Å². The highest BCUT2D eigenvalue weighted by molar-refractivity contribution is 7.80. The molecule has 0 saturated heterocycles. The number of rotatable bonds is 4. The second-order valence-corrected chi connectivity index (χ2v) is 7.82. The molecule has 7 heteroatoms. The van der Waals surface area contributed by atoms with Gasteiger partial charge in [-0.2, -0.15) is 0 Å². The fraction of sp³-hybridized carbons (Fsp3) is 0.0909. The summed E-state index contributed by atoms with van der Waals surface area (Å²) in [5.41, 5.74) is 2.77. The van der Waals surface area contributed by atoms with E-state index in [9.17, 15) is 4.79 Å². The summed E-state index contributed by atoms with van der Waals surface area (Å²) in [4.78, 5) is 12.6. The Labute approximate surface area is 183 Å². The Morgan fingerprint density at radius 3 is 2.55 bits per heavy atom. The smallest absolute Gasteiger partial charge is 0.171 e. The summed E-state index contributed by atoms with van der Waals surface area (Å²) in [5.74, 6) is 1.02. The van der Waals surface area contributed by atoms with Gasteiger partial charge >= 0.3 is 0 Å². The number of halogens is 2. The molecule has 0 aliphatic carbocycles. The van der Waals surface area contributed by atoms with Crippen molar-refractivity contribution in [1.29, 1.82) is 0 Å². The molecule has 3 aromatic rings. The molecule has 2 N–H and O–H groups in total. The highest BCUT2D eigenvalue weighted by Crippen LogP contribution is 2.37. The minimum atomic E-state index is -0.525. The van der Waals surface area contributed by atoms with Gasteiger partial charge in [0.2, 0.25) is 0 Å². The van der Waals surface area contributed by atoms with Crippen molar-refractivity contribution in [2.24, 2.45) is 0 Å². The Bertz CT molecular complexity index is 1140. The lowest BCUT2D eigenvalue weighted by Gasteiger charge is -2.29. The molecule has 4 rings (SSSR count). The zero-order valence-electron chi connectivity index (χ0n) is 15.3. The highest BCUT2D eigenvalue weighted by atomic mass is 35.5. The zero-order valence-corrected chi connectivity index (χ0v) is 17.7. The fourth-order valence-electron chi connectivity index (χ4n) is 3.33. The number of carbonyl (C=O) groups excluding carboxylic acids is 1. The van der Waals surface area contributed by atoms with Crippen LogP contribution in [0, 0.1) is 0 Å². The average molecular weight is 443 g/mol. The minimum Gasteiger partial charge on any atom is -0.458 e. The minimum absolute atomic E-state index is 0.0879. The SMILES string of the molecule is CC(=O)C1=C(c2ccccc2)NC(=S)N[C@@H]1c1ccc(-c2cc(Cl)ccc2Cl)o1. The maximum atomic E-state index is 12.6. The lowest BCUT2D eigenvalue weighted by atomic mass is 9.94. The monoisotopic (exact) mass is 442 g/mol. The molecule has 0 saturated carbocycles. The Balaban J connectivity index is 1.81. The van der Waals surface area contributed by atoms with E-state index in [-0.39, 0.29) is 5.78 Å². The first-order chi connectivity index (χ1) is 13.9. The van der Waals surface area contributed by atoms with Crippen molar-refractivity contribution in [2.45, 2.75) is 13.0 Å². The van der Waals surface area contributed by atoms with Crippen LogP contribution < -0.4 is 10.6 Å². The lowest BCUT2D eigenvalue weighted by molar-refractivity contribution is -0.113. The lowest BCUT2D eigenvalue weighted by Crippen LogP contribution is -2.44. The van der Waals surface area contributed by atoms with E-state index in [0.29, 0.717) is 43.5 Å². The third-order valence-corrected chi connectivity index (χ3v) is 5.40. The number of benzene rings is 2. The van der Waals surface area contributed by atoms with E-state index in [1.54, 1.807) is 24.3 Å². The molecule has 0 amide bonds. The van der Waals surface area contributed by atoms with Gasteiger partial charge in [0.05, 0.1) is 10.7 Å². The first kappa shape index (κ1) is 19.7. The fourth-order valence-corrected chi connectivity index (χ4v) is 3.93. The highest BCUT2D eigenvalue weighted by Gasteiger charge is 2.32. The molecule has 29 heavy (non-hydrogen) atoms. The molecule has 2 aromatic carbocycles. The molecule has 0 bridgehead atoms. The molecule has 2 heterocycles. The molecular weight excluding hydrogens is 427 g/mol. The van der Waals surface area contributed by atoms with E-state index in [1.165, 1.54) is 6.92 Å². The topological polar surface area (TPSA) is 54.3 Å². The van der Waals surface area contributed by atoms with Crippen LogP contribution in [0.5, 0.6) is 0 Å². The molecule has 1 atom stereocenters. The predicted molar refractivity (Wildman–Crippen MR) is 120 cm³/mol. The van der Waals surface area contributed by atoms with E-state index in [4.69, 9.17) is 39.8 Å². The van der Waals surface area contributed by atoms with Crippen LogP contribution in [0.15, 0.2) is 70.7 Å². The van der Waals surface area contributed by atoms with Gasteiger partial charge in [-0.05, 0) is 55.0 Å². The number of carbonyl (C=O) groups is 1. The first-order valence-electron chi connectivity index (χ1n) is 8.87. The number of hydrogen-bond donors (Lipinski definition) is 2. The number of thiocarbonyl (C=S) groups is 1. The van der Waals surface area contributed by atoms with Gasteiger partial charge in [-0.15, -0.1) is 0 Å². The summed E-state index contributed by atoms with van der Waals surface area (Å²) in [5, 5.41) is 7.75. The van der Waals surface area contributed by atoms with Gasteiger partial charge in [-0.1, -0.05) is 53.5 Å². The molecule has 0 radical (unpaired) electrons. The van der Waals surface area contributed by atoms with Crippen molar-refractivity contribution in [3.05, 3.63) is 87.6 Å². The van der Waals surface area contributed by atoms with E-state index >= 15 is 0 Å². The largest absolute Gasteiger partial charge is 0.458 e. The third-order valence-electron chi connectivity index (χ3n) is 4.62. The molecule has 0 unspecified atom stereocenters. The van der Waals surface area contributed by atoms with Crippen molar-refractivity contribution in [3.8, 4) is 11.3 Å². The predicted octanol–water partition coefficient (Wildman–Crippen LogP) is 5.77. The van der Waals surface area contributed by atoms with Crippen molar-refractivity contribution >= 4 is 52.0 Å². The number of nitrogens with one attached hydrogen (secondary N) is 2. The van der Waals surface area contributed by atoms with E-state index in [1.807, 2.05) is 36.4 Å². The van der Waals surface area contributed by atoms with Gasteiger partial charge in [0.1, 0.15) is 17.6 Å². The molecule has 0 spiro atoms. The normalized spacial score (nSPS) is 16.4. The number of Topliss-reactive ketones (excluding diaryl/α,β-unsaturated/α-hetero) is 1. The Morgan fingerprint density at radius 1 is 1.07 bits per heavy atom. The summed E-state index contributed by atoms with van der Waals surface area (Å²) in [6.45, 7) is 1.53. The molecule has 1 aromatic heterocycles. The Kier molecular flexibility index (Phi) is 5.46. The van der Waals surface area contributed by atoms with Crippen LogP contribution in [-0.2, 0) is 4.79 Å². The summed E-state index contributed by atoms with van der Waals surface area (Å²) in [6, 6.07) is 17.9. The average Bonchev–Trinajstić information content (AvgIpc) is 3.19. The van der Waals surface area contributed by atoms with Gasteiger partial charge in [0, 0.05) is 16.2 Å². The van der Waals surface area contributed by atoms with Crippen LogP contribution in [0.1, 0.15) is 24.3 Å². The van der Waals surface area contributed by atoms with E-state index in [2.05, 4.69) is 10.6 Å². The maximum absolute atomic E-state index is 12.6. The standard InChI is InChI=1S/C22H16Cl2N2O2S/c1-12(27)19-20(13-5-3-2-4-6-13)25-22(29)26-21(19)18-10-9-17(28-18)15-11-14(23)7-8-16(15)24/h2-11,21H,1H3,(H2,25,26,29)/t21-/m1/s1. The van der Waals surface area contributed by atoms with Crippen LogP contribution >= 0.6 is 35.4 Å². The van der Waals surface area contributed by atoms with E-state index < -0.39 is 6.04 Å². The van der Waals surface area contributed by atoms with Crippen LogP contribution in [-0.4, -0.2) is 10.9 Å². The molecule has 0 fully saturated rings. The van der Waals surface area contributed by atoms with Gasteiger partial charge in [0.15, 0.2) is 10.9 Å². The van der Waals surface area contributed by atoms with Crippen molar-refractivity contribution in [2.75, 3.05) is 0 Å². The summed E-state index contributed by atoms with van der Waals surface area (Å²) < 4.78 is 6.08. The zero-order chi connectivity index (χ0) is 20.5. The van der Waals surface area contributed by atoms with Crippen molar-refractivity contribution in [1.82, 2.24) is 10.6 Å². The number of ketones is 1. The van der Waals surface area contributed by atoms with Crippen LogP contribution in [0.2, 0.25) is 10.0 Å². The summed E-state index contributed by atoms with van der Waals surface area (Å²) in [7, 11) is 0. The second-order valence-electron chi connectivity index (χ2n) is 6.57. The van der Waals surface area contributed by atoms with Crippen molar-refractivity contribution in [3.63, 3.8) is 0 Å². The number of hydrogen-bond acceptors (Lipinski definition) is 3. The molecular formula is C22H16Cl2N2O2S. The van der Waals surface area contributed by atoms with Crippen LogP contribution in [0.25, 0.3) is 17.0 Å². The van der Waals surface area contributed by atoms with Gasteiger partial charge < -0.3 is 15.1 Å². The number of furan rings is 1. The quantitative estimate of drug-likeness (QED) is 0.502. The molecule has 4 nitrogen and oxygen atoms in total. The Morgan fingerprint density at radius 2 is 1.83 bits per heavy atom. The van der Waals surface area contributed by atoms with Gasteiger partial charge in [0.25, 0.3) is 0 Å².